The van der Waals surface area contributed by atoms with Crippen molar-refractivity contribution in [2.75, 3.05) is 43.9 Å². The minimum absolute atomic E-state index is 0.0360. The number of amides is 2. The van der Waals surface area contributed by atoms with Crippen molar-refractivity contribution in [3.8, 4) is 5.75 Å². The average Bonchev–Trinajstić information content (AvgIpc) is 3.88. The molecular weight excluding hydrogens is 982 g/mol. The van der Waals surface area contributed by atoms with Crippen LogP contribution in [0.3, 0.4) is 0 Å². The smallest absolute Gasteiger partial charge is 0.262 e. The largest absolute Gasteiger partial charge is 0.748 e. The Bertz CT molecular complexity index is 3400. The predicted molar refractivity (Wildman–Crippen MR) is 301 cm³/mol. The number of anilines is 1. The van der Waals surface area contributed by atoms with Crippen molar-refractivity contribution in [2.45, 2.75) is 97.3 Å². The number of fused-ring (bicyclic) bond motifs is 5. The van der Waals surface area contributed by atoms with Gasteiger partial charge in [0.05, 0.1) is 41.0 Å². The zero-order chi connectivity index (χ0) is 53.7. The molecule has 0 aliphatic carbocycles. The molecule has 0 radical (unpaired) electrons. The minimum Gasteiger partial charge on any atom is -0.748 e. The molecule has 0 spiro atoms. The van der Waals surface area contributed by atoms with Gasteiger partial charge in [-0.2, -0.15) is 4.58 Å². The number of allylic oxidation sites excluding steroid dienone is 6. The van der Waals surface area contributed by atoms with E-state index in [-0.39, 0.29) is 47.1 Å². The molecule has 14 heteroatoms. The van der Waals surface area contributed by atoms with Crippen molar-refractivity contribution in [1.29, 1.82) is 0 Å². The first-order chi connectivity index (χ1) is 35.8. The van der Waals surface area contributed by atoms with Crippen molar-refractivity contribution in [1.82, 2.24) is 15.2 Å². The molecule has 1 aromatic heterocycles. The van der Waals surface area contributed by atoms with Gasteiger partial charge < -0.3 is 24.8 Å². The summed E-state index contributed by atoms with van der Waals surface area (Å²) in [7, 11) is -2.69. The number of halogens is 1. The molecule has 5 aromatic carbocycles. The molecule has 392 valence electrons. The molecular formula is C61H68ClN5O7S. The molecule has 12 nitrogen and oxygen atoms in total. The molecule has 6 aromatic rings. The van der Waals surface area contributed by atoms with Crippen molar-refractivity contribution in [3.63, 3.8) is 0 Å². The molecule has 2 aliphatic heterocycles. The quantitative estimate of drug-likeness (QED) is 0.0313. The Labute approximate surface area is 446 Å². The first-order valence-electron chi connectivity index (χ1n) is 25.9. The lowest BCUT2D eigenvalue weighted by Gasteiger charge is -2.25. The Morgan fingerprint density at radius 3 is 2.21 bits per heavy atom. The van der Waals surface area contributed by atoms with Crippen LogP contribution in [0.15, 0.2) is 133 Å². The normalized spacial score (nSPS) is 15.4. The number of unbranched alkanes of at least 4 members (excludes halogenated alkanes) is 3. The molecule has 0 bridgehead atoms. The molecule has 0 atom stereocenters. The fourth-order valence-corrected chi connectivity index (χ4v) is 11.7. The number of nitrogens with zero attached hydrogens (tertiary/aromatic N) is 3. The molecule has 0 saturated carbocycles. The van der Waals surface area contributed by atoms with Crippen molar-refractivity contribution in [3.05, 3.63) is 172 Å². The van der Waals surface area contributed by atoms with E-state index in [2.05, 4.69) is 128 Å². The summed E-state index contributed by atoms with van der Waals surface area (Å²) >= 11 is 6.08. The Morgan fingerprint density at radius 1 is 0.787 bits per heavy atom. The van der Waals surface area contributed by atoms with E-state index < -0.39 is 10.1 Å². The van der Waals surface area contributed by atoms with Crippen LogP contribution < -0.4 is 20.3 Å². The topological polar surface area (TPSA) is 153 Å². The number of carbonyl (C=O) groups is 3. The van der Waals surface area contributed by atoms with Crippen molar-refractivity contribution in [2.24, 2.45) is 0 Å². The molecule has 2 amide bonds. The van der Waals surface area contributed by atoms with E-state index in [9.17, 15) is 27.4 Å². The number of nitrogens with one attached hydrogen (secondary N) is 2. The highest BCUT2D eigenvalue weighted by atomic mass is 35.5. The van der Waals surface area contributed by atoms with Gasteiger partial charge in [0.25, 0.3) is 5.91 Å². The maximum absolute atomic E-state index is 13.7. The number of aromatic nitrogens is 1. The fourth-order valence-electron chi connectivity index (χ4n) is 11.0. The summed E-state index contributed by atoms with van der Waals surface area (Å²) in [6.07, 6.45) is 14.1. The van der Waals surface area contributed by atoms with Gasteiger partial charge in [-0.25, -0.2) is 8.42 Å². The Balaban J connectivity index is 0.836. The van der Waals surface area contributed by atoms with E-state index in [0.717, 1.165) is 65.1 Å². The number of likely N-dealkylation sites (N-methyl/N-ethyl adjacent to an activating group) is 1. The molecule has 8 rings (SSSR count). The van der Waals surface area contributed by atoms with E-state index in [1.807, 2.05) is 31.2 Å². The van der Waals surface area contributed by atoms with Crippen LogP contribution in [0, 0.1) is 6.92 Å². The van der Waals surface area contributed by atoms with Crippen molar-refractivity contribution >= 4 is 78.2 Å². The van der Waals surface area contributed by atoms with Crippen LogP contribution in [0.25, 0.3) is 21.7 Å². The van der Waals surface area contributed by atoms with Gasteiger partial charge in [-0.1, -0.05) is 80.1 Å². The summed E-state index contributed by atoms with van der Waals surface area (Å²) in [6.45, 7) is 15.3. The zero-order valence-corrected chi connectivity index (χ0v) is 45.7. The van der Waals surface area contributed by atoms with E-state index in [0.29, 0.717) is 60.0 Å². The lowest BCUT2D eigenvalue weighted by Crippen LogP contribution is -2.28. The molecule has 0 saturated heterocycles. The zero-order valence-electron chi connectivity index (χ0n) is 44.1. The van der Waals surface area contributed by atoms with E-state index in [1.54, 1.807) is 42.0 Å². The van der Waals surface area contributed by atoms with Crippen molar-refractivity contribution < 1.29 is 36.7 Å². The van der Waals surface area contributed by atoms with Gasteiger partial charge in [-0.15, -0.1) is 0 Å². The summed E-state index contributed by atoms with van der Waals surface area (Å²) in [5, 5.41) is 9.81. The lowest BCUT2D eigenvalue weighted by atomic mass is 9.79. The standard InChI is InChI=1S/C61H68ClN5O7S/c1-8-65-52-30-23-42(38-56(68)63-33-15-10-16-34-64-57(69)40-48-41(2)67(51-32-29-46(74-7)39-49(48)51)59(70)44-24-27-45(62)28-25-44)37-50(52)60(3,4)54(65)21-11-9-12-22-55-61(5,6)58-47-20-14-13-19-43(47)26-31-53(58)66(55)35-17-18-36-75(71,72)73/h9,11-14,19-32,37,39H,8,10,15-18,33-36,38,40H2,1-7H3,(H2-,63,64,68,69,71,72,73). The summed E-state index contributed by atoms with van der Waals surface area (Å²) in [5.74, 6) is -0.115. The number of benzene rings is 5. The number of ether oxygens (including phenoxy) is 1. The van der Waals surface area contributed by atoms with Crippen LogP contribution >= 0.6 is 11.6 Å². The third-order valence-corrected chi connectivity index (χ3v) is 15.9. The van der Waals surface area contributed by atoms with E-state index >= 15 is 0 Å². The van der Waals surface area contributed by atoms with Gasteiger partial charge in [-0.3, -0.25) is 19.0 Å². The first-order valence-corrected chi connectivity index (χ1v) is 27.9. The average molecular weight is 1050 g/mol. The molecule has 2 aliphatic rings. The molecule has 3 heterocycles. The van der Waals surface area contributed by atoms with Crippen LogP contribution in [0.5, 0.6) is 5.75 Å². The van der Waals surface area contributed by atoms with Gasteiger partial charge >= 0.3 is 0 Å². The second-order valence-electron chi connectivity index (χ2n) is 20.5. The van der Waals surface area contributed by atoms with Gasteiger partial charge in [0.2, 0.25) is 17.5 Å². The third-order valence-electron chi connectivity index (χ3n) is 14.8. The second-order valence-corrected chi connectivity index (χ2v) is 22.5. The Kier molecular flexibility index (Phi) is 16.7. The molecule has 0 unspecified atom stereocenters. The van der Waals surface area contributed by atoms with E-state index in [4.69, 9.17) is 16.3 Å². The summed E-state index contributed by atoms with van der Waals surface area (Å²) in [4.78, 5) is 42.5. The monoisotopic (exact) mass is 1050 g/mol. The van der Waals surface area contributed by atoms with Crippen LogP contribution in [0.2, 0.25) is 5.02 Å². The minimum atomic E-state index is -4.28. The summed E-state index contributed by atoms with van der Waals surface area (Å²) in [5.41, 5.74) is 9.86. The third kappa shape index (κ3) is 11.9. The maximum atomic E-state index is 13.7. The van der Waals surface area contributed by atoms with Gasteiger partial charge in [-0.05, 0) is 142 Å². The Morgan fingerprint density at radius 2 is 1.51 bits per heavy atom. The second kappa shape index (κ2) is 23.0. The first kappa shape index (κ1) is 54.5. The summed E-state index contributed by atoms with van der Waals surface area (Å²) in [6, 6.07) is 31.3. The summed E-state index contributed by atoms with van der Waals surface area (Å²) < 4.78 is 43.5. The van der Waals surface area contributed by atoms with Gasteiger partial charge in [0, 0.05) is 88.0 Å². The maximum Gasteiger partial charge on any atom is 0.262 e. The fraction of sp³-hybridized carbons (Fsp3) is 0.344. The SMILES string of the molecule is CCN1/C(=C/C=C/C=C/C2=[N+](CCCCS(=O)(=O)[O-])c3ccc4ccccc4c3C2(C)C)C(C)(C)c2cc(CC(=O)NCCCCCNC(=O)Cc3c(C)n(C(=O)c4ccc(Cl)cc4)c4ccc(OC)cc34)ccc21. The molecule has 2 N–H and O–H groups in total. The molecule has 0 fully saturated rings. The van der Waals surface area contributed by atoms with Crippen LogP contribution in [0.1, 0.15) is 105 Å². The predicted octanol–water partition coefficient (Wildman–Crippen LogP) is 11.2. The number of carbonyl (C=O) groups excluding carboxylic acids is 3. The van der Waals surface area contributed by atoms with Crippen LogP contribution in [-0.2, 0) is 43.4 Å². The number of rotatable bonds is 21. The highest BCUT2D eigenvalue weighted by Gasteiger charge is 2.45. The van der Waals surface area contributed by atoms with Crippen LogP contribution in [0.4, 0.5) is 11.4 Å². The van der Waals surface area contributed by atoms with Gasteiger partial charge in [0.1, 0.15) is 12.3 Å². The number of methoxy groups -OCH3 is 1. The number of hydrogen-bond donors (Lipinski definition) is 2. The lowest BCUT2D eigenvalue weighted by molar-refractivity contribution is -0.438. The highest BCUT2D eigenvalue weighted by Crippen LogP contribution is 2.48. The van der Waals surface area contributed by atoms with Crippen LogP contribution in [-0.4, -0.2) is 84.6 Å². The molecule has 75 heavy (non-hydrogen) atoms. The Hall–Kier alpha value is -6.80. The number of hydrogen-bond acceptors (Lipinski definition) is 8. The highest BCUT2D eigenvalue weighted by molar-refractivity contribution is 7.85. The van der Waals surface area contributed by atoms with Gasteiger partial charge in [0.15, 0.2) is 5.71 Å². The van der Waals surface area contributed by atoms with E-state index in [1.165, 1.54) is 21.9 Å².